The van der Waals surface area contributed by atoms with Crippen molar-refractivity contribution >= 4 is 11.9 Å². The van der Waals surface area contributed by atoms with Crippen LogP contribution in [0.5, 0.6) is 0 Å². The lowest BCUT2D eigenvalue weighted by molar-refractivity contribution is -0.146. The normalized spacial score (nSPS) is 25.6. The third kappa shape index (κ3) is 3.98. The topological polar surface area (TPSA) is 81.4 Å². The fourth-order valence-corrected chi connectivity index (χ4v) is 2.24. The van der Waals surface area contributed by atoms with Gasteiger partial charge in [-0.15, -0.1) is 0 Å². The Labute approximate surface area is 108 Å². The Balaban J connectivity index is 2.36. The van der Waals surface area contributed by atoms with Crippen LogP contribution in [0.3, 0.4) is 0 Å². The summed E-state index contributed by atoms with van der Waals surface area (Å²) in [6.07, 6.45) is 3.18. The molecule has 0 unspecified atom stereocenters. The second kappa shape index (κ2) is 6.73. The molecule has 0 saturated heterocycles. The molecule has 1 atom stereocenters. The maximum Gasteiger partial charge on any atom is 0.308 e. The van der Waals surface area contributed by atoms with Crippen molar-refractivity contribution in [2.45, 2.75) is 51.6 Å². The van der Waals surface area contributed by atoms with Crippen LogP contribution >= 0.6 is 0 Å². The van der Waals surface area contributed by atoms with Gasteiger partial charge in [0, 0.05) is 6.04 Å². The minimum Gasteiger partial charge on any atom is -0.469 e. The number of nitrogens with two attached hydrogens (primary N) is 1. The van der Waals surface area contributed by atoms with Gasteiger partial charge in [0.05, 0.1) is 19.1 Å². The average molecular weight is 256 g/mol. The van der Waals surface area contributed by atoms with Crippen molar-refractivity contribution in [3.05, 3.63) is 0 Å². The summed E-state index contributed by atoms with van der Waals surface area (Å²) in [6.45, 7) is 3.86. The lowest BCUT2D eigenvalue weighted by Gasteiger charge is -2.29. The van der Waals surface area contributed by atoms with Gasteiger partial charge < -0.3 is 15.8 Å². The molecule has 0 aromatic heterocycles. The molecule has 1 rings (SSSR count). The maximum absolute atomic E-state index is 11.8. The first-order valence-corrected chi connectivity index (χ1v) is 6.59. The van der Waals surface area contributed by atoms with E-state index in [1.54, 1.807) is 0 Å². The SMILES string of the molecule is COC(=O)[C@H]1CC[C@@H](NC(=O)[C@@H](N)C(C)C)CC1. The minimum absolute atomic E-state index is 0.0121. The average Bonchev–Trinajstić information content (AvgIpc) is 2.37. The van der Waals surface area contributed by atoms with E-state index >= 15 is 0 Å². The molecule has 1 amide bonds. The van der Waals surface area contributed by atoms with Crippen molar-refractivity contribution in [2.75, 3.05) is 7.11 Å². The van der Waals surface area contributed by atoms with Crippen LogP contribution in [0, 0.1) is 11.8 Å². The van der Waals surface area contributed by atoms with Gasteiger partial charge in [-0.1, -0.05) is 13.8 Å². The van der Waals surface area contributed by atoms with Crippen molar-refractivity contribution < 1.29 is 14.3 Å². The summed E-state index contributed by atoms with van der Waals surface area (Å²) in [5.41, 5.74) is 5.79. The molecule has 18 heavy (non-hydrogen) atoms. The highest BCUT2D eigenvalue weighted by Crippen LogP contribution is 2.25. The molecular formula is C13H24N2O3. The predicted molar refractivity (Wildman–Crippen MR) is 68.7 cm³/mol. The largest absolute Gasteiger partial charge is 0.469 e. The number of hydrogen-bond donors (Lipinski definition) is 2. The van der Waals surface area contributed by atoms with Gasteiger partial charge in [-0.2, -0.15) is 0 Å². The summed E-state index contributed by atoms with van der Waals surface area (Å²) >= 11 is 0. The first-order valence-electron chi connectivity index (χ1n) is 6.59. The first-order chi connectivity index (χ1) is 8.45. The smallest absolute Gasteiger partial charge is 0.308 e. The van der Waals surface area contributed by atoms with Crippen LogP contribution in [0.1, 0.15) is 39.5 Å². The van der Waals surface area contributed by atoms with Gasteiger partial charge in [0.25, 0.3) is 0 Å². The molecule has 0 aliphatic heterocycles. The Morgan fingerprint density at radius 1 is 1.22 bits per heavy atom. The molecule has 0 spiro atoms. The molecule has 1 aliphatic carbocycles. The van der Waals surface area contributed by atoms with Crippen LogP contribution < -0.4 is 11.1 Å². The third-order valence-corrected chi connectivity index (χ3v) is 3.63. The van der Waals surface area contributed by atoms with E-state index in [1.807, 2.05) is 13.8 Å². The van der Waals surface area contributed by atoms with Gasteiger partial charge in [-0.3, -0.25) is 9.59 Å². The Hall–Kier alpha value is -1.10. The van der Waals surface area contributed by atoms with Crippen LogP contribution in [-0.2, 0) is 14.3 Å². The summed E-state index contributed by atoms with van der Waals surface area (Å²) < 4.78 is 4.73. The number of amides is 1. The van der Waals surface area contributed by atoms with E-state index in [0.717, 1.165) is 25.7 Å². The summed E-state index contributed by atoms with van der Waals surface area (Å²) in [5.74, 6) is -0.108. The van der Waals surface area contributed by atoms with Gasteiger partial charge in [0.1, 0.15) is 0 Å². The molecule has 3 N–H and O–H groups in total. The number of hydrogen-bond acceptors (Lipinski definition) is 4. The van der Waals surface area contributed by atoms with Gasteiger partial charge in [-0.05, 0) is 31.6 Å². The van der Waals surface area contributed by atoms with Crippen LogP contribution in [0.15, 0.2) is 0 Å². The number of nitrogens with one attached hydrogen (secondary N) is 1. The first kappa shape index (κ1) is 15.0. The van der Waals surface area contributed by atoms with Crippen molar-refractivity contribution in [3.8, 4) is 0 Å². The molecule has 0 heterocycles. The number of carbonyl (C=O) groups excluding carboxylic acids is 2. The van der Waals surface area contributed by atoms with E-state index in [4.69, 9.17) is 10.5 Å². The Morgan fingerprint density at radius 2 is 1.78 bits per heavy atom. The molecule has 0 bridgehead atoms. The maximum atomic E-state index is 11.8. The monoisotopic (exact) mass is 256 g/mol. The van der Waals surface area contributed by atoms with Crippen LogP contribution in [0.25, 0.3) is 0 Å². The standard InChI is InChI=1S/C13H24N2O3/c1-8(2)11(14)12(16)15-10-6-4-9(5-7-10)13(17)18-3/h8-11H,4-7,14H2,1-3H3,(H,15,16)/t9-,10+,11-/m0/s1. The Kier molecular flexibility index (Phi) is 5.59. The van der Waals surface area contributed by atoms with E-state index in [1.165, 1.54) is 7.11 Å². The zero-order valence-corrected chi connectivity index (χ0v) is 11.4. The minimum atomic E-state index is -0.455. The summed E-state index contributed by atoms with van der Waals surface area (Å²) in [6, 6.07) is -0.313. The van der Waals surface area contributed by atoms with E-state index in [-0.39, 0.29) is 29.8 Å². The van der Waals surface area contributed by atoms with E-state index in [2.05, 4.69) is 5.32 Å². The third-order valence-electron chi connectivity index (χ3n) is 3.63. The highest BCUT2D eigenvalue weighted by molar-refractivity contribution is 5.82. The van der Waals surface area contributed by atoms with Crippen LogP contribution in [0.2, 0.25) is 0 Å². The van der Waals surface area contributed by atoms with Gasteiger partial charge in [0.15, 0.2) is 0 Å². The Morgan fingerprint density at radius 3 is 2.22 bits per heavy atom. The Bertz CT molecular complexity index is 297. The zero-order valence-electron chi connectivity index (χ0n) is 11.4. The summed E-state index contributed by atoms with van der Waals surface area (Å²) in [7, 11) is 1.41. The number of methoxy groups -OCH3 is 1. The zero-order chi connectivity index (χ0) is 13.7. The van der Waals surface area contributed by atoms with E-state index in [0.29, 0.717) is 0 Å². The van der Waals surface area contributed by atoms with E-state index in [9.17, 15) is 9.59 Å². The number of rotatable bonds is 4. The molecule has 0 radical (unpaired) electrons. The van der Waals surface area contributed by atoms with Gasteiger partial charge in [-0.25, -0.2) is 0 Å². The highest BCUT2D eigenvalue weighted by atomic mass is 16.5. The quantitative estimate of drug-likeness (QED) is 0.730. The lowest BCUT2D eigenvalue weighted by atomic mass is 9.86. The molecule has 5 heteroatoms. The molecule has 5 nitrogen and oxygen atoms in total. The molecule has 1 saturated carbocycles. The molecule has 1 aliphatic rings. The van der Waals surface area contributed by atoms with Crippen molar-refractivity contribution in [3.63, 3.8) is 0 Å². The van der Waals surface area contributed by atoms with E-state index < -0.39 is 6.04 Å². The summed E-state index contributed by atoms with van der Waals surface area (Å²) in [4.78, 5) is 23.2. The van der Waals surface area contributed by atoms with Gasteiger partial charge in [0.2, 0.25) is 5.91 Å². The lowest BCUT2D eigenvalue weighted by Crippen LogP contribution is -2.48. The second-order valence-electron chi connectivity index (χ2n) is 5.35. The molecule has 0 aromatic carbocycles. The van der Waals surface area contributed by atoms with Crippen molar-refractivity contribution in [1.29, 1.82) is 0 Å². The number of ether oxygens (including phenoxy) is 1. The molecule has 1 fully saturated rings. The van der Waals surface area contributed by atoms with Crippen LogP contribution in [-0.4, -0.2) is 31.1 Å². The number of carbonyl (C=O) groups is 2. The molecule has 0 aromatic rings. The van der Waals surface area contributed by atoms with Crippen molar-refractivity contribution in [2.24, 2.45) is 17.6 Å². The molecular weight excluding hydrogens is 232 g/mol. The fraction of sp³-hybridized carbons (Fsp3) is 0.846. The van der Waals surface area contributed by atoms with Crippen molar-refractivity contribution in [1.82, 2.24) is 5.32 Å². The number of esters is 1. The van der Waals surface area contributed by atoms with Crippen LogP contribution in [0.4, 0.5) is 0 Å². The highest BCUT2D eigenvalue weighted by Gasteiger charge is 2.28. The second-order valence-corrected chi connectivity index (χ2v) is 5.35. The van der Waals surface area contributed by atoms with Gasteiger partial charge >= 0.3 is 5.97 Å². The fourth-order valence-electron chi connectivity index (χ4n) is 2.24. The molecule has 104 valence electrons. The predicted octanol–water partition coefficient (Wildman–Crippen LogP) is 0.818. The summed E-state index contributed by atoms with van der Waals surface area (Å²) in [5, 5.41) is 2.96.